The fraction of sp³-hybridized carbons (Fsp3) is 0.882. The lowest BCUT2D eigenvalue weighted by Gasteiger charge is -2.24. The van der Waals surface area contributed by atoms with Gasteiger partial charge >= 0.3 is 5.97 Å². The van der Waals surface area contributed by atoms with Crippen molar-refractivity contribution < 1.29 is 24.5 Å². The number of aliphatic hydroxyl groups is 2. The third-order valence-electron chi connectivity index (χ3n) is 11.6. The zero-order valence-corrected chi connectivity index (χ0v) is 38.2. The van der Waals surface area contributed by atoms with Gasteiger partial charge in [0.1, 0.15) is 6.10 Å². The van der Waals surface area contributed by atoms with Crippen LogP contribution in [0.4, 0.5) is 0 Å². The summed E-state index contributed by atoms with van der Waals surface area (Å²) in [6, 6.07) is -0.698. The van der Waals surface area contributed by atoms with Gasteiger partial charge in [-0.1, -0.05) is 225 Å². The highest BCUT2D eigenvalue weighted by atomic mass is 16.5. The van der Waals surface area contributed by atoms with Gasteiger partial charge in [0.2, 0.25) is 5.91 Å². The maximum absolute atomic E-state index is 13.1. The summed E-state index contributed by atoms with van der Waals surface area (Å²) >= 11 is 0. The minimum atomic E-state index is -0.784. The molecule has 0 rings (SSSR count). The van der Waals surface area contributed by atoms with Gasteiger partial charge in [0.25, 0.3) is 0 Å². The zero-order valence-electron chi connectivity index (χ0n) is 38.2. The SMILES string of the molecule is CCCCCCCCC/C=C/C=C/CCCCCCCC(=O)OC(CCCCCCCCC)CC(=O)NC(CO)C(O)CCCCCCCCCCCCCCC. The zero-order chi connectivity index (χ0) is 41.7. The van der Waals surface area contributed by atoms with Gasteiger partial charge in [-0.05, 0) is 51.4 Å². The average Bonchev–Trinajstić information content (AvgIpc) is 3.20. The molecule has 6 nitrogen and oxygen atoms in total. The number of amides is 1. The molecule has 0 aromatic heterocycles. The lowest BCUT2D eigenvalue weighted by molar-refractivity contribution is -0.151. The van der Waals surface area contributed by atoms with E-state index >= 15 is 0 Å². The van der Waals surface area contributed by atoms with Gasteiger partial charge in [0.05, 0.1) is 25.2 Å². The van der Waals surface area contributed by atoms with E-state index in [0.717, 1.165) is 57.8 Å². The monoisotopic (exact) mass is 804 g/mol. The minimum absolute atomic E-state index is 0.0748. The molecule has 6 heteroatoms. The van der Waals surface area contributed by atoms with Crippen LogP contribution in [0, 0.1) is 0 Å². The van der Waals surface area contributed by atoms with E-state index < -0.39 is 18.2 Å². The van der Waals surface area contributed by atoms with Crippen molar-refractivity contribution in [3.05, 3.63) is 24.3 Å². The standard InChI is InChI=1S/C51H97NO5/c1-4-7-10-13-16-18-20-22-23-24-25-26-28-30-32-35-38-41-44-51(56)57-47(42-39-36-33-15-12-9-6-3)45-50(55)52-48(46-53)49(54)43-40-37-34-31-29-27-21-19-17-14-11-8-5-2/h23-26,47-49,53-54H,4-22,27-46H2,1-3H3,(H,52,55)/b24-23+,26-25+. The number of hydrogen-bond donors (Lipinski definition) is 3. The largest absolute Gasteiger partial charge is 0.462 e. The van der Waals surface area contributed by atoms with Crippen LogP contribution in [0.3, 0.4) is 0 Å². The Morgan fingerprint density at radius 2 is 0.877 bits per heavy atom. The number of esters is 1. The molecule has 336 valence electrons. The molecule has 0 spiro atoms. The van der Waals surface area contributed by atoms with Crippen LogP contribution in [-0.4, -0.2) is 46.9 Å². The number of hydrogen-bond acceptors (Lipinski definition) is 5. The lowest BCUT2D eigenvalue weighted by atomic mass is 10.0. The second-order valence-electron chi connectivity index (χ2n) is 17.3. The minimum Gasteiger partial charge on any atom is -0.462 e. The van der Waals surface area contributed by atoms with Crippen LogP contribution in [0.15, 0.2) is 24.3 Å². The first kappa shape index (κ1) is 55.3. The molecule has 0 aromatic rings. The number of rotatable bonds is 45. The van der Waals surface area contributed by atoms with Crippen molar-refractivity contribution in [1.82, 2.24) is 5.32 Å². The molecule has 0 aliphatic heterocycles. The summed E-state index contributed by atoms with van der Waals surface area (Å²) in [6.07, 6.45) is 51.1. The number of allylic oxidation sites excluding steroid dienone is 4. The number of nitrogens with one attached hydrogen (secondary N) is 1. The van der Waals surface area contributed by atoms with Crippen molar-refractivity contribution in [3.63, 3.8) is 0 Å². The second kappa shape index (κ2) is 45.4. The van der Waals surface area contributed by atoms with E-state index in [-0.39, 0.29) is 24.9 Å². The van der Waals surface area contributed by atoms with Crippen LogP contribution in [0.25, 0.3) is 0 Å². The van der Waals surface area contributed by atoms with Crippen molar-refractivity contribution in [3.8, 4) is 0 Å². The van der Waals surface area contributed by atoms with Crippen molar-refractivity contribution in [2.75, 3.05) is 6.61 Å². The third kappa shape index (κ3) is 40.9. The molecule has 0 fully saturated rings. The van der Waals surface area contributed by atoms with Gasteiger partial charge in [0, 0.05) is 6.42 Å². The van der Waals surface area contributed by atoms with Crippen LogP contribution in [-0.2, 0) is 14.3 Å². The summed E-state index contributed by atoms with van der Waals surface area (Å²) in [6.45, 7) is 6.45. The predicted molar refractivity (Wildman–Crippen MR) is 246 cm³/mol. The van der Waals surface area contributed by atoms with E-state index in [2.05, 4.69) is 50.4 Å². The van der Waals surface area contributed by atoms with Crippen molar-refractivity contribution in [1.29, 1.82) is 0 Å². The van der Waals surface area contributed by atoms with E-state index in [9.17, 15) is 19.8 Å². The van der Waals surface area contributed by atoms with Gasteiger partial charge in [-0.15, -0.1) is 0 Å². The molecule has 0 aliphatic carbocycles. The summed E-state index contributed by atoms with van der Waals surface area (Å²) in [7, 11) is 0. The number of aliphatic hydroxyl groups excluding tert-OH is 2. The summed E-state index contributed by atoms with van der Waals surface area (Å²) in [5.41, 5.74) is 0. The van der Waals surface area contributed by atoms with Crippen LogP contribution in [0.2, 0.25) is 0 Å². The van der Waals surface area contributed by atoms with Crippen LogP contribution >= 0.6 is 0 Å². The van der Waals surface area contributed by atoms with E-state index in [4.69, 9.17) is 4.74 Å². The predicted octanol–water partition coefficient (Wildman–Crippen LogP) is 14.7. The first-order chi connectivity index (χ1) is 28.0. The van der Waals surface area contributed by atoms with Crippen molar-refractivity contribution in [2.45, 2.75) is 283 Å². The molecule has 0 saturated heterocycles. The Kier molecular flexibility index (Phi) is 44.1. The van der Waals surface area contributed by atoms with Gasteiger partial charge in [-0.25, -0.2) is 0 Å². The summed E-state index contributed by atoms with van der Waals surface area (Å²) in [5, 5.41) is 23.7. The van der Waals surface area contributed by atoms with E-state index in [1.165, 1.54) is 161 Å². The van der Waals surface area contributed by atoms with Crippen LogP contribution in [0.5, 0.6) is 0 Å². The first-order valence-corrected chi connectivity index (χ1v) is 25.1. The van der Waals surface area contributed by atoms with Gasteiger partial charge < -0.3 is 20.3 Å². The fourth-order valence-corrected chi connectivity index (χ4v) is 7.72. The quantitative estimate of drug-likeness (QED) is 0.0324. The molecule has 0 saturated carbocycles. The highest BCUT2D eigenvalue weighted by molar-refractivity contribution is 5.77. The van der Waals surface area contributed by atoms with E-state index in [1.807, 2.05) is 0 Å². The maximum atomic E-state index is 13.1. The Morgan fingerprint density at radius 3 is 1.30 bits per heavy atom. The van der Waals surface area contributed by atoms with E-state index in [0.29, 0.717) is 19.3 Å². The van der Waals surface area contributed by atoms with E-state index in [1.54, 1.807) is 0 Å². The topological polar surface area (TPSA) is 95.9 Å². The Labute approximate surface area is 354 Å². The normalized spacial score (nSPS) is 13.4. The second-order valence-corrected chi connectivity index (χ2v) is 17.3. The van der Waals surface area contributed by atoms with Gasteiger partial charge in [-0.3, -0.25) is 9.59 Å². The molecule has 1 amide bonds. The highest BCUT2D eigenvalue weighted by Gasteiger charge is 2.24. The number of carbonyl (C=O) groups is 2. The fourth-order valence-electron chi connectivity index (χ4n) is 7.72. The average molecular weight is 804 g/mol. The molecule has 3 N–H and O–H groups in total. The van der Waals surface area contributed by atoms with Gasteiger partial charge in [0.15, 0.2) is 0 Å². The molecule has 3 atom stereocenters. The summed E-state index contributed by atoms with van der Waals surface area (Å²) in [5.74, 6) is -0.486. The molecule has 0 bridgehead atoms. The molecule has 0 aliphatic rings. The molecule has 0 heterocycles. The highest BCUT2D eigenvalue weighted by Crippen LogP contribution is 2.18. The van der Waals surface area contributed by atoms with Crippen molar-refractivity contribution >= 4 is 11.9 Å². The number of ether oxygens (including phenoxy) is 1. The molecule has 0 radical (unpaired) electrons. The molecular formula is C51H97NO5. The molecule has 57 heavy (non-hydrogen) atoms. The Balaban J connectivity index is 4.38. The third-order valence-corrected chi connectivity index (χ3v) is 11.6. The number of carbonyl (C=O) groups excluding carboxylic acids is 2. The Morgan fingerprint density at radius 1 is 0.509 bits per heavy atom. The molecule has 3 unspecified atom stereocenters. The molecular weight excluding hydrogens is 707 g/mol. The number of unbranched alkanes of at least 4 members (excludes halogenated alkanes) is 30. The smallest absolute Gasteiger partial charge is 0.306 e. The lowest BCUT2D eigenvalue weighted by Crippen LogP contribution is -2.46. The van der Waals surface area contributed by atoms with Crippen molar-refractivity contribution in [2.24, 2.45) is 0 Å². The Hall–Kier alpha value is -1.66. The van der Waals surface area contributed by atoms with Crippen LogP contribution < -0.4 is 5.32 Å². The Bertz CT molecular complexity index is 904. The summed E-state index contributed by atoms with van der Waals surface area (Å²) < 4.78 is 5.89. The maximum Gasteiger partial charge on any atom is 0.306 e. The van der Waals surface area contributed by atoms with Crippen LogP contribution in [0.1, 0.15) is 265 Å². The molecule has 0 aromatic carbocycles. The summed E-state index contributed by atoms with van der Waals surface area (Å²) in [4.78, 5) is 26.0. The van der Waals surface area contributed by atoms with Gasteiger partial charge in [-0.2, -0.15) is 0 Å². The first-order valence-electron chi connectivity index (χ1n) is 25.1.